The van der Waals surface area contributed by atoms with Crippen molar-refractivity contribution in [1.82, 2.24) is 10.2 Å². The van der Waals surface area contributed by atoms with E-state index in [4.69, 9.17) is 4.74 Å². The minimum Gasteiger partial charge on any atom is -0.381 e. The Kier molecular flexibility index (Phi) is 4.45. The van der Waals surface area contributed by atoms with Gasteiger partial charge < -0.3 is 10.1 Å². The largest absolute Gasteiger partial charge is 0.381 e. The first kappa shape index (κ1) is 13.3. The van der Waals surface area contributed by atoms with Crippen LogP contribution < -0.4 is 5.32 Å². The van der Waals surface area contributed by atoms with Crippen LogP contribution in [0.4, 0.5) is 0 Å². The number of nitrogens with zero attached hydrogens (tertiary/aromatic N) is 1. The van der Waals surface area contributed by atoms with Crippen molar-refractivity contribution in [3.63, 3.8) is 0 Å². The van der Waals surface area contributed by atoms with Gasteiger partial charge in [0.15, 0.2) is 0 Å². The average molecular weight is 240 g/mol. The summed E-state index contributed by atoms with van der Waals surface area (Å²) in [4.78, 5) is 2.73. The van der Waals surface area contributed by atoms with Crippen molar-refractivity contribution in [2.75, 3.05) is 26.3 Å². The van der Waals surface area contributed by atoms with Crippen molar-refractivity contribution >= 4 is 0 Å². The summed E-state index contributed by atoms with van der Waals surface area (Å²) in [6.07, 6.45) is 4.92. The topological polar surface area (TPSA) is 24.5 Å². The van der Waals surface area contributed by atoms with E-state index in [2.05, 4.69) is 31.0 Å². The molecule has 2 heterocycles. The lowest BCUT2D eigenvalue weighted by atomic mass is 9.89. The Balaban J connectivity index is 1.98. The van der Waals surface area contributed by atoms with Crippen molar-refractivity contribution in [2.45, 2.75) is 64.1 Å². The molecule has 2 fully saturated rings. The van der Waals surface area contributed by atoms with Crippen LogP contribution >= 0.6 is 0 Å². The van der Waals surface area contributed by atoms with E-state index in [1.165, 1.54) is 38.8 Å². The summed E-state index contributed by atoms with van der Waals surface area (Å²) >= 11 is 0. The van der Waals surface area contributed by atoms with Crippen molar-refractivity contribution < 1.29 is 4.74 Å². The Morgan fingerprint density at radius 3 is 2.12 bits per heavy atom. The molecule has 0 amide bonds. The van der Waals surface area contributed by atoms with Gasteiger partial charge >= 0.3 is 0 Å². The Bertz CT molecular complexity index is 226. The van der Waals surface area contributed by atoms with Gasteiger partial charge in [0, 0.05) is 43.9 Å². The molecule has 1 N–H and O–H groups in total. The van der Waals surface area contributed by atoms with Gasteiger partial charge in [0.1, 0.15) is 0 Å². The van der Waals surface area contributed by atoms with Crippen LogP contribution in [0.5, 0.6) is 0 Å². The predicted octanol–water partition coefficient (Wildman–Crippen LogP) is 2.02. The fourth-order valence-electron chi connectivity index (χ4n) is 3.13. The summed E-state index contributed by atoms with van der Waals surface area (Å²) in [5.41, 5.74) is 0.384. The maximum atomic E-state index is 5.51. The SMILES string of the molecule is CC1CCN(C2(C)CCOCC2)CCC(C)N1. The van der Waals surface area contributed by atoms with Crippen LogP contribution in [-0.4, -0.2) is 48.8 Å². The lowest BCUT2D eigenvalue weighted by Gasteiger charge is -2.46. The Labute approximate surface area is 106 Å². The highest BCUT2D eigenvalue weighted by molar-refractivity contribution is 4.90. The van der Waals surface area contributed by atoms with Gasteiger partial charge in [-0.2, -0.15) is 0 Å². The molecule has 2 aliphatic rings. The smallest absolute Gasteiger partial charge is 0.0483 e. The first-order chi connectivity index (χ1) is 8.10. The van der Waals surface area contributed by atoms with E-state index in [0.717, 1.165) is 13.2 Å². The van der Waals surface area contributed by atoms with Crippen molar-refractivity contribution in [3.8, 4) is 0 Å². The van der Waals surface area contributed by atoms with E-state index in [1.807, 2.05) is 0 Å². The van der Waals surface area contributed by atoms with Crippen LogP contribution in [-0.2, 0) is 4.74 Å². The molecular weight excluding hydrogens is 212 g/mol. The molecule has 0 aromatic carbocycles. The zero-order chi connectivity index (χ0) is 12.3. The molecule has 100 valence electrons. The molecule has 17 heavy (non-hydrogen) atoms. The van der Waals surface area contributed by atoms with Crippen LogP contribution in [0.15, 0.2) is 0 Å². The van der Waals surface area contributed by atoms with Gasteiger partial charge in [-0.05, 0) is 46.5 Å². The Morgan fingerprint density at radius 1 is 1.06 bits per heavy atom. The lowest BCUT2D eigenvalue weighted by molar-refractivity contribution is -0.0239. The van der Waals surface area contributed by atoms with E-state index in [1.54, 1.807) is 0 Å². The molecule has 0 aliphatic carbocycles. The molecule has 0 saturated carbocycles. The second-order valence-corrected chi connectivity index (χ2v) is 6.14. The van der Waals surface area contributed by atoms with Gasteiger partial charge in [-0.3, -0.25) is 4.90 Å². The zero-order valence-corrected chi connectivity index (χ0v) is 11.7. The normalized spacial score (nSPS) is 36.2. The Hall–Kier alpha value is -0.120. The third-order valence-electron chi connectivity index (χ3n) is 4.57. The van der Waals surface area contributed by atoms with Gasteiger partial charge in [0.2, 0.25) is 0 Å². The number of nitrogens with one attached hydrogen (secondary N) is 1. The third kappa shape index (κ3) is 3.43. The number of hydrogen-bond acceptors (Lipinski definition) is 3. The average Bonchev–Trinajstić information content (AvgIpc) is 2.27. The van der Waals surface area contributed by atoms with Gasteiger partial charge in [0.05, 0.1) is 0 Å². The number of hydrogen-bond donors (Lipinski definition) is 1. The van der Waals surface area contributed by atoms with Crippen molar-refractivity contribution in [1.29, 1.82) is 0 Å². The van der Waals surface area contributed by atoms with Gasteiger partial charge in [0.25, 0.3) is 0 Å². The minimum absolute atomic E-state index is 0.384. The molecule has 0 radical (unpaired) electrons. The highest BCUT2D eigenvalue weighted by atomic mass is 16.5. The quantitative estimate of drug-likeness (QED) is 0.759. The molecule has 0 aromatic heterocycles. The molecule has 2 aliphatic heterocycles. The molecule has 0 bridgehead atoms. The maximum Gasteiger partial charge on any atom is 0.0483 e. The molecule has 2 saturated heterocycles. The second-order valence-electron chi connectivity index (χ2n) is 6.14. The number of ether oxygens (including phenoxy) is 1. The lowest BCUT2D eigenvalue weighted by Crippen LogP contribution is -2.54. The fourth-order valence-corrected chi connectivity index (χ4v) is 3.13. The van der Waals surface area contributed by atoms with Crippen LogP contribution in [0, 0.1) is 0 Å². The van der Waals surface area contributed by atoms with Crippen LogP contribution in [0.1, 0.15) is 46.5 Å². The summed E-state index contributed by atoms with van der Waals surface area (Å²) in [6, 6.07) is 1.30. The maximum absolute atomic E-state index is 5.51. The summed E-state index contributed by atoms with van der Waals surface area (Å²) in [5, 5.41) is 3.67. The van der Waals surface area contributed by atoms with Crippen LogP contribution in [0.25, 0.3) is 0 Å². The van der Waals surface area contributed by atoms with E-state index < -0.39 is 0 Å². The third-order valence-corrected chi connectivity index (χ3v) is 4.57. The fraction of sp³-hybridized carbons (Fsp3) is 1.00. The molecule has 0 spiro atoms. The predicted molar refractivity (Wildman–Crippen MR) is 71.3 cm³/mol. The molecular formula is C14H28N2O. The summed E-state index contributed by atoms with van der Waals surface area (Å²) in [6.45, 7) is 11.4. The molecule has 3 nitrogen and oxygen atoms in total. The Morgan fingerprint density at radius 2 is 1.59 bits per heavy atom. The van der Waals surface area contributed by atoms with Gasteiger partial charge in [-0.15, -0.1) is 0 Å². The van der Waals surface area contributed by atoms with E-state index >= 15 is 0 Å². The zero-order valence-electron chi connectivity index (χ0n) is 11.7. The van der Waals surface area contributed by atoms with E-state index in [0.29, 0.717) is 17.6 Å². The highest BCUT2D eigenvalue weighted by Crippen LogP contribution is 2.28. The molecule has 3 heteroatoms. The summed E-state index contributed by atoms with van der Waals surface area (Å²) in [5.74, 6) is 0. The summed E-state index contributed by atoms with van der Waals surface area (Å²) < 4.78 is 5.51. The van der Waals surface area contributed by atoms with E-state index in [-0.39, 0.29) is 0 Å². The molecule has 2 atom stereocenters. The minimum atomic E-state index is 0.384. The highest BCUT2D eigenvalue weighted by Gasteiger charge is 2.34. The van der Waals surface area contributed by atoms with E-state index in [9.17, 15) is 0 Å². The van der Waals surface area contributed by atoms with Crippen molar-refractivity contribution in [3.05, 3.63) is 0 Å². The first-order valence-electron chi connectivity index (χ1n) is 7.19. The molecule has 2 unspecified atom stereocenters. The monoisotopic (exact) mass is 240 g/mol. The van der Waals surface area contributed by atoms with Gasteiger partial charge in [-0.25, -0.2) is 0 Å². The number of rotatable bonds is 1. The first-order valence-corrected chi connectivity index (χ1v) is 7.19. The molecule has 0 aromatic rings. The standard InChI is InChI=1S/C14H28N2O/c1-12-4-8-16(9-5-13(2)15-12)14(3)6-10-17-11-7-14/h12-13,15H,4-11H2,1-3H3. The van der Waals surface area contributed by atoms with Crippen LogP contribution in [0.2, 0.25) is 0 Å². The summed E-state index contributed by atoms with van der Waals surface area (Å²) in [7, 11) is 0. The van der Waals surface area contributed by atoms with Crippen LogP contribution in [0.3, 0.4) is 0 Å². The molecule has 2 rings (SSSR count). The van der Waals surface area contributed by atoms with Gasteiger partial charge in [-0.1, -0.05) is 0 Å². The second kappa shape index (κ2) is 5.68. The van der Waals surface area contributed by atoms with Crippen molar-refractivity contribution in [2.24, 2.45) is 0 Å².